The molecule has 2 saturated carbocycles. The molecular weight excluding hydrogens is 527 g/mol. The molecule has 3 fully saturated rings. The van der Waals surface area contributed by atoms with Crippen molar-refractivity contribution in [3.63, 3.8) is 0 Å². The van der Waals surface area contributed by atoms with E-state index in [-0.39, 0.29) is 16.9 Å². The van der Waals surface area contributed by atoms with Crippen LogP contribution in [0.1, 0.15) is 68.7 Å². The second-order valence-electron chi connectivity index (χ2n) is 11.8. The molecule has 2 heterocycles. The number of hydrogen-bond acceptors (Lipinski definition) is 4. The zero-order chi connectivity index (χ0) is 27.8. The van der Waals surface area contributed by atoms with Gasteiger partial charge in [0.2, 0.25) is 10.0 Å². The molecule has 10 heteroatoms. The van der Waals surface area contributed by atoms with Crippen molar-refractivity contribution in [3.05, 3.63) is 41.1 Å². The second-order valence-corrected chi connectivity index (χ2v) is 13.5. The molecule has 0 spiro atoms. The molecule has 1 saturated heterocycles. The lowest BCUT2D eigenvalue weighted by Gasteiger charge is -2.26. The van der Waals surface area contributed by atoms with Crippen molar-refractivity contribution in [3.8, 4) is 11.3 Å². The van der Waals surface area contributed by atoms with Crippen LogP contribution in [-0.2, 0) is 32.9 Å². The standard InChI is InChI=1S/C29H40F3N3O3S/c1-21-27(39(36,37)33-10-11-34-12-14-38-15-13-34)19-26(35(21)20-22-6-4-3-5-7-22)23-16-24(28(2)8-9-28)18-25(17-23)29(30,31)32/h16-19,22,33H,3-15,20H2,1-2H3. The smallest absolute Gasteiger partial charge is 0.379 e. The molecule has 0 amide bonds. The first-order valence-electron chi connectivity index (χ1n) is 14.2. The van der Waals surface area contributed by atoms with E-state index in [9.17, 15) is 21.6 Å². The summed E-state index contributed by atoms with van der Waals surface area (Å²) in [6.45, 7) is 8.01. The van der Waals surface area contributed by atoms with Crippen LogP contribution in [0.3, 0.4) is 0 Å². The molecule has 0 bridgehead atoms. The predicted molar refractivity (Wildman–Crippen MR) is 145 cm³/mol. The summed E-state index contributed by atoms with van der Waals surface area (Å²) in [6, 6.07) is 5.88. The van der Waals surface area contributed by atoms with Crippen LogP contribution < -0.4 is 4.72 Å². The lowest BCUT2D eigenvalue weighted by molar-refractivity contribution is -0.137. The Bertz CT molecular complexity index is 1250. The molecule has 0 unspecified atom stereocenters. The van der Waals surface area contributed by atoms with E-state index in [2.05, 4.69) is 9.62 Å². The maximum atomic E-state index is 14.0. The molecule has 0 radical (unpaired) electrons. The summed E-state index contributed by atoms with van der Waals surface area (Å²) in [5.41, 5.74) is 1.28. The van der Waals surface area contributed by atoms with Crippen molar-refractivity contribution < 1.29 is 26.3 Å². The number of nitrogens with zero attached hydrogens (tertiary/aromatic N) is 2. The van der Waals surface area contributed by atoms with Gasteiger partial charge in [-0.25, -0.2) is 13.1 Å². The van der Waals surface area contributed by atoms with E-state index in [1.54, 1.807) is 13.0 Å². The van der Waals surface area contributed by atoms with Crippen molar-refractivity contribution in [2.45, 2.75) is 81.8 Å². The minimum Gasteiger partial charge on any atom is -0.379 e. The van der Waals surface area contributed by atoms with Gasteiger partial charge in [-0.3, -0.25) is 4.90 Å². The fourth-order valence-corrected chi connectivity index (χ4v) is 7.28. The van der Waals surface area contributed by atoms with Gasteiger partial charge < -0.3 is 9.30 Å². The van der Waals surface area contributed by atoms with Crippen LogP contribution in [0.4, 0.5) is 13.2 Å². The molecule has 3 aliphatic rings. The zero-order valence-corrected chi connectivity index (χ0v) is 23.8. The molecule has 0 atom stereocenters. The Kier molecular flexibility index (Phi) is 8.21. The van der Waals surface area contributed by atoms with Gasteiger partial charge in [0.15, 0.2) is 0 Å². The minimum atomic E-state index is -4.48. The third-order valence-corrected chi connectivity index (χ3v) is 10.4. The summed E-state index contributed by atoms with van der Waals surface area (Å²) in [5.74, 6) is 0.375. The quantitative estimate of drug-likeness (QED) is 0.421. The van der Waals surface area contributed by atoms with E-state index in [1.165, 1.54) is 18.6 Å². The molecule has 6 nitrogen and oxygen atoms in total. The number of aromatic nitrogens is 1. The van der Waals surface area contributed by atoms with Gasteiger partial charge in [-0.05, 0) is 79.3 Å². The molecule has 1 aromatic heterocycles. The van der Waals surface area contributed by atoms with Gasteiger partial charge in [0, 0.05) is 44.1 Å². The van der Waals surface area contributed by atoms with Crippen molar-refractivity contribution in [2.24, 2.45) is 5.92 Å². The molecule has 216 valence electrons. The fraction of sp³-hybridized carbons (Fsp3) is 0.655. The third-order valence-electron chi connectivity index (χ3n) is 8.85. The highest BCUT2D eigenvalue weighted by atomic mass is 32.2. The van der Waals surface area contributed by atoms with E-state index >= 15 is 0 Å². The number of morpholine rings is 1. The van der Waals surface area contributed by atoms with E-state index in [1.807, 2.05) is 17.6 Å². The van der Waals surface area contributed by atoms with Crippen LogP contribution in [0.25, 0.3) is 11.3 Å². The number of benzene rings is 1. The molecule has 2 aromatic rings. The third kappa shape index (κ3) is 6.55. The Morgan fingerprint density at radius 3 is 2.38 bits per heavy atom. The van der Waals surface area contributed by atoms with E-state index < -0.39 is 21.8 Å². The Labute approximate surface area is 230 Å². The van der Waals surface area contributed by atoms with E-state index in [4.69, 9.17) is 4.74 Å². The van der Waals surface area contributed by atoms with Crippen molar-refractivity contribution in [1.82, 2.24) is 14.2 Å². The summed E-state index contributed by atoms with van der Waals surface area (Å²) < 4.78 is 79.0. The van der Waals surface area contributed by atoms with Gasteiger partial charge in [-0.1, -0.05) is 26.2 Å². The Hall–Kier alpha value is -1.88. The maximum Gasteiger partial charge on any atom is 0.416 e. The first-order valence-corrected chi connectivity index (χ1v) is 15.7. The highest BCUT2D eigenvalue weighted by molar-refractivity contribution is 7.89. The molecule has 1 aromatic carbocycles. The van der Waals surface area contributed by atoms with Crippen LogP contribution in [0, 0.1) is 12.8 Å². The monoisotopic (exact) mass is 567 g/mol. The lowest BCUT2D eigenvalue weighted by atomic mass is 9.89. The maximum absolute atomic E-state index is 14.0. The Morgan fingerprint density at radius 2 is 1.74 bits per heavy atom. The predicted octanol–water partition coefficient (Wildman–Crippen LogP) is 5.72. The Morgan fingerprint density at radius 1 is 1.05 bits per heavy atom. The number of halogens is 3. The number of sulfonamides is 1. The summed E-state index contributed by atoms with van der Waals surface area (Å²) >= 11 is 0. The van der Waals surface area contributed by atoms with Gasteiger partial charge in [-0.15, -0.1) is 0 Å². The average Bonchev–Trinajstić information content (AvgIpc) is 3.58. The Balaban J connectivity index is 1.51. The van der Waals surface area contributed by atoms with E-state index in [0.717, 1.165) is 51.6 Å². The zero-order valence-electron chi connectivity index (χ0n) is 22.9. The normalized spacial score (nSPS) is 20.8. The number of ether oxygens (including phenoxy) is 1. The first-order chi connectivity index (χ1) is 18.5. The molecule has 1 N–H and O–H groups in total. The van der Waals surface area contributed by atoms with Crippen molar-refractivity contribution in [1.29, 1.82) is 0 Å². The number of alkyl halides is 3. The van der Waals surface area contributed by atoms with Crippen LogP contribution in [0.5, 0.6) is 0 Å². The van der Waals surface area contributed by atoms with Gasteiger partial charge in [-0.2, -0.15) is 13.2 Å². The van der Waals surface area contributed by atoms with Crippen molar-refractivity contribution >= 4 is 10.0 Å². The number of hydrogen-bond donors (Lipinski definition) is 1. The lowest BCUT2D eigenvalue weighted by Crippen LogP contribution is -2.41. The molecule has 2 aliphatic carbocycles. The summed E-state index contributed by atoms with van der Waals surface area (Å²) in [5, 5.41) is 0. The molecule has 5 rings (SSSR count). The summed E-state index contributed by atoms with van der Waals surface area (Å²) in [7, 11) is -3.86. The topological polar surface area (TPSA) is 63.6 Å². The molecule has 1 aliphatic heterocycles. The minimum absolute atomic E-state index is 0.145. The second kappa shape index (κ2) is 11.2. The van der Waals surface area contributed by atoms with Crippen LogP contribution in [0.2, 0.25) is 0 Å². The summed E-state index contributed by atoms with van der Waals surface area (Å²) in [4.78, 5) is 2.30. The number of rotatable bonds is 9. The SMILES string of the molecule is Cc1c(S(=O)(=O)NCCN2CCOCC2)cc(-c2cc(C(F)(F)F)cc(C3(C)CC3)c2)n1CC1CCCCC1. The molecule has 39 heavy (non-hydrogen) atoms. The van der Waals surface area contributed by atoms with E-state index in [0.29, 0.717) is 54.7 Å². The highest BCUT2D eigenvalue weighted by Gasteiger charge is 2.41. The highest BCUT2D eigenvalue weighted by Crippen LogP contribution is 2.50. The largest absolute Gasteiger partial charge is 0.416 e. The van der Waals surface area contributed by atoms with Gasteiger partial charge in [0.25, 0.3) is 0 Å². The van der Waals surface area contributed by atoms with Crippen LogP contribution in [-0.4, -0.2) is 57.3 Å². The van der Waals surface area contributed by atoms with Gasteiger partial charge in [0.1, 0.15) is 4.90 Å². The van der Waals surface area contributed by atoms with Crippen LogP contribution in [0.15, 0.2) is 29.2 Å². The average molecular weight is 568 g/mol. The number of nitrogens with one attached hydrogen (secondary N) is 1. The van der Waals surface area contributed by atoms with Gasteiger partial charge >= 0.3 is 6.18 Å². The van der Waals surface area contributed by atoms with Gasteiger partial charge in [0.05, 0.1) is 18.8 Å². The summed E-state index contributed by atoms with van der Waals surface area (Å²) in [6.07, 6.45) is 2.75. The molecular formula is C29H40F3N3O3S. The fourth-order valence-electron chi connectivity index (χ4n) is 6.00. The first kappa shape index (κ1) is 28.6. The van der Waals surface area contributed by atoms with Crippen LogP contribution >= 0.6 is 0 Å². The van der Waals surface area contributed by atoms with Crippen molar-refractivity contribution in [2.75, 3.05) is 39.4 Å².